The maximum Gasteiger partial charge on any atom is 0.249 e. The van der Waals surface area contributed by atoms with E-state index in [1.807, 2.05) is 0 Å². The molecule has 2 aromatic heterocycles. The zero-order valence-electron chi connectivity index (χ0n) is 12.0. The molecule has 0 aliphatic heterocycles. The molecule has 0 aliphatic rings. The SMILES string of the molecule is CC(C)(C)NCCCc1nnc(-c2cncc(F)c2)o1. The normalized spacial score (nSPS) is 11.8. The topological polar surface area (TPSA) is 63.8 Å². The first-order valence-electron chi connectivity index (χ1n) is 6.62. The second-order valence-corrected chi connectivity index (χ2v) is 5.67. The molecule has 0 unspecified atom stereocenters. The van der Waals surface area contributed by atoms with E-state index >= 15 is 0 Å². The number of halogens is 1. The zero-order chi connectivity index (χ0) is 14.6. The Hall–Kier alpha value is -1.82. The summed E-state index contributed by atoms with van der Waals surface area (Å²) in [6.07, 6.45) is 4.24. The van der Waals surface area contributed by atoms with Gasteiger partial charge in [-0.3, -0.25) is 4.98 Å². The molecule has 0 aliphatic carbocycles. The highest BCUT2D eigenvalue weighted by atomic mass is 19.1. The molecule has 0 fully saturated rings. The van der Waals surface area contributed by atoms with Crippen molar-refractivity contribution in [3.05, 3.63) is 30.2 Å². The van der Waals surface area contributed by atoms with Crippen molar-refractivity contribution < 1.29 is 8.81 Å². The van der Waals surface area contributed by atoms with Gasteiger partial charge in [-0.05, 0) is 39.8 Å². The van der Waals surface area contributed by atoms with Gasteiger partial charge in [0.05, 0.1) is 11.8 Å². The smallest absolute Gasteiger partial charge is 0.249 e. The van der Waals surface area contributed by atoms with E-state index in [0.717, 1.165) is 19.2 Å². The maximum atomic E-state index is 13.1. The van der Waals surface area contributed by atoms with Crippen molar-refractivity contribution in [2.75, 3.05) is 6.54 Å². The average molecular weight is 278 g/mol. The lowest BCUT2D eigenvalue weighted by molar-refractivity contribution is 0.412. The average Bonchev–Trinajstić information content (AvgIpc) is 2.82. The molecule has 20 heavy (non-hydrogen) atoms. The third kappa shape index (κ3) is 4.38. The van der Waals surface area contributed by atoms with Gasteiger partial charge in [0, 0.05) is 18.2 Å². The van der Waals surface area contributed by atoms with Gasteiger partial charge < -0.3 is 9.73 Å². The molecule has 2 aromatic rings. The summed E-state index contributed by atoms with van der Waals surface area (Å²) < 4.78 is 18.6. The Morgan fingerprint density at radius 3 is 2.75 bits per heavy atom. The van der Waals surface area contributed by atoms with Crippen LogP contribution in [0.5, 0.6) is 0 Å². The summed E-state index contributed by atoms with van der Waals surface area (Å²) in [6.45, 7) is 7.24. The van der Waals surface area contributed by atoms with Crippen LogP contribution in [0.1, 0.15) is 33.1 Å². The first kappa shape index (κ1) is 14.6. The minimum absolute atomic E-state index is 0.104. The summed E-state index contributed by atoms with van der Waals surface area (Å²) in [5.41, 5.74) is 0.601. The van der Waals surface area contributed by atoms with E-state index in [4.69, 9.17) is 4.42 Å². The summed E-state index contributed by atoms with van der Waals surface area (Å²) in [6, 6.07) is 1.32. The summed E-state index contributed by atoms with van der Waals surface area (Å²) in [5, 5.41) is 11.3. The Morgan fingerprint density at radius 1 is 1.25 bits per heavy atom. The van der Waals surface area contributed by atoms with Crippen molar-refractivity contribution in [3.63, 3.8) is 0 Å². The molecule has 0 saturated heterocycles. The second kappa shape index (κ2) is 6.09. The molecule has 0 atom stereocenters. The van der Waals surface area contributed by atoms with E-state index in [1.54, 1.807) is 0 Å². The third-order valence-corrected chi connectivity index (χ3v) is 2.64. The van der Waals surface area contributed by atoms with Crippen molar-refractivity contribution in [1.82, 2.24) is 20.5 Å². The van der Waals surface area contributed by atoms with E-state index in [9.17, 15) is 4.39 Å². The fraction of sp³-hybridized carbons (Fsp3) is 0.500. The number of nitrogens with zero attached hydrogens (tertiary/aromatic N) is 3. The predicted octanol–water partition coefficient (Wildman–Crippen LogP) is 2.59. The van der Waals surface area contributed by atoms with E-state index in [0.29, 0.717) is 23.8 Å². The fourth-order valence-electron chi connectivity index (χ4n) is 1.70. The van der Waals surface area contributed by atoms with Crippen LogP contribution in [0.4, 0.5) is 4.39 Å². The van der Waals surface area contributed by atoms with Gasteiger partial charge in [-0.25, -0.2) is 4.39 Å². The minimum Gasteiger partial charge on any atom is -0.421 e. The molecular weight excluding hydrogens is 259 g/mol. The lowest BCUT2D eigenvalue weighted by Gasteiger charge is -2.19. The van der Waals surface area contributed by atoms with Crippen molar-refractivity contribution >= 4 is 0 Å². The minimum atomic E-state index is -0.420. The Balaban J connectivity index is 1.90. The van der Waals surface area contributed by atoms with Gasteiger partial charge in [-0.15, -0.1) is 10.2 Å². The number of aromatic nitrogens is 3. The molecule has 0 amide bonds. The van der Waals surface area contributed by atoms with Crippen LogP contribution in [-0.4, -0.2) is 27.3 Å². The van der Waals surface area contributed by atoms with Crippen LogP contribution in [0.3, 0.4) is 0 Å². The molecule has 0 aromatic carbocycles. The molecule has 1 N–H and O–H groups in total. The van der Waals surface area contributed by atoms with Crippen molar-refractivity contribution in [2.45, 2.75) is 39.2 Å². The second-order valence-electron chi connectivity index (χ2n) is 5.67. The van der Waals surface area contributed by atoms with Gasteiger partial charge in [0.25, 0.3) is 0 Å². The molecule has 5 nitrogen and oxygen atoms in total. The standard InChI is InChI=1S/C14H19FN4O/c1-14(2,3)17-6-4-5-12-18-19-13(20-12)10-7-11(15)9-16-8-10/h7-9,17H,4-6H2,1-3H3. The molecule has 2 heterocycles. The molecule has 0 bridgehead atoms. The van der Waals surface area contributed by atoms with E-state index in [2.05, 4.69) is 41.3 Å². The number of pyridine rings is 1. The Bertz CT molecular complexity index is 562. The highest BCUT2D eigenvalue weighted by Crippen LogP contribution is 2.17. The van der Waals surface area contributed by atoms with Gasteiger partial charge in [0.1, 0.15) is 5.82 Å². The molecule has 6 heteroatoms. The largest absolute Gasteiger partial charge is 0.421 e. The number of aryl methyl sites for hydroxylation is 1. The number of hydrogen-bond acceptors (Lipinski definition) is 5. The van der Waals surface area contributed by atoms with Crippen LogP contribution in [0.15, 0.2) is 22.9 Å². The van der Waals surface area contributed by atoms with E-state index < -0.39 is 5.82 Å². The third-order valence-electron chi connectivity index (χ3n) is 2.64. The highest BCUT2D eigenvalue weighted by Gasteiger charge is 2.11. The fourth-order valence-corrected chi connectivity index (χ4v) is 1.70. The van der Waals surface area contributed by atoms with Gasteiger partial charge in [0.15, 0.2) is 0 Å². The number of rotatable bonds is 5. The molecule has 0 saturated carbocycles. The summed E-state index contributed by atoms with van der Waals surface area (Å²) in [4.78, 5) is 3.76. The Morgan fingerprint density at radius 2 is 2.05 bits per heavy atom. The first-order valence-corrected chi connectivity index (χ1v) is 6.62. The van der Waals surface area contributed by atoms with Crippen molar-refractivity contribution in [3.8, 4) is 11.5 Å². The molecule has 0 spiro atoms. The Kier molecular flexibility index (Phi) is 4.44. The van der Waals surface area contributed by atoms with Crippen molar-refractivity contribution in [1.29, 1.82) is 0 Å². The van der Waals surface area contributed by atoms with Gasteiger partial charge in [-0.1, -0.05) is 0 Å². The van der Waals surface area contributed by atoms with Gasteiger partial charge >= 0.3 is 0 Å². The van der Waals surface area contributed by atoms with Crippen LogP contribution < -0.4 is 5.32 Å². The van der Waals surface area contributed by atoms with Gasteiger partial charge in [-0.2, -0.15) is 0 Å². The summed E-state index contributed by atoms with van der Waals surface area (Å²) >= 11 is 0. The van der Waals surface area contributed by atoms with E-state index in [1.165, 1.54) is 12.3 Å². The first-order chi connectivity index (χ1) is 9.44. The van der Waals surface area contributed by atoms with E-state index in [-0.39, 0.29) is 5.54 Å². The van der Waals surface area contributed by atoms with Crippen molar-refractivity contribution in [2.24, 2.45) is 0 Å². The van der Waals surface area contributed by atoms with Crippen LogP contribution >= 0.6 is 0 Å². The predicted molar refractivity (Wildman–Crippen MR) is 73.6 cm³/mol. The number of nitrogens with one attached hydrogen (secondary N) is 1. The van der Waals surface area contributed by atoms with Crippen LogP contribution in [0, 0.1) is 5.82 Å². The molecular formula is C14H19FN4O. The van der Waals surface area contributed by atoms with Crippen LogP contribution in [-0.2, 0) is 6.42 Å². The highest BCUT2D eigenvalue weighted by molar-refractivity contribution is 5.50. The summed E-state index contributed by atoms with van der Waals surface area (Å²) in [5.74, 6) is 0.437. The maximum absolute atomic E-state index is 13.1. The van der Waals surface area contributed by atoms with Crippen LogP contribution in [0.25, 0.3) is 11.5 Å². The lowest BCUT2D eigenvalue weighted by Crippen LogP contribution is -2.36. The monoisotopic (exact) mass is 278 g/mol. The zero-order valence-corrected chi connectivity index (χ0v) is 12.0. The molecule has 0 radical (unpaired) electrons. The lowest BCUT2D eigenvalue weighted by atomic mass is 10.1. The molecule has 2 rings (SSSR count). The quantitative estimate of drug-likeness (QED) is 0.852. The van der Waals surface area contributed by atoms with Crippen LogP contribution in [0.2, 0.25) is 0 Å². The Labute approximate surface area is 117 Å². The van der Waals surface area contributed by atoms with Gasteiger partial charge in [0.2, 0.25) is 11.8 Å². The number of hydrogen-bond donors (Lipinski definition) is 1. The molecule has 108 valence electrons. The summed E-state index contributed by atoms with van der Waals surface area (Å²) in [7, 11) is 0.